The van der Waals surface area contributed by atoms with Crippen LogP contribution in [0.4, 0.5) is 0 Å². The molecule has 0 radical (unpaired) electrons. The third-order valence-corrected chi connectivity index (χ3v) is 4.09. The van der Waals surface area contributed by atoms with E-state index in [2.05, 4.69) is 59.0 Å². The summed E-state index contributed by atoms with van der Waals surface area (Å²) in [5, 5.41) is 3.38. The van der Waals surface area contributed by atoms with Crippen LogP contribution in [-0.4, -0.2) is 26.3 Å². The van der Waals surface area contributed by atoms with Crippen molar-refractivity contribution < 1.29 is 4.74 Å². The van der Waals surface area contributed by atoms with Gasteiger partial charge < -0.3 is 10.1 Å². The van der Waals surface area contributed by atoms with Gasteiger partial charge in [-0.2, -0.15) is 0 Å². The summed E-state index contributed by atoms with van der Waals surface area (Å²) in [6.45, 7) is 15.1. The quantitative estimate of drug-likeness (QED) is 0.762. The topological polar surface area (TPSA) is 21.3 Å². The molecule has 0 heterocycles. The molecule has 2 nitrogen and oxygen atoms in total. The summed E-state index contributed by atoms with van der Waals surface area (Å²) >= 11 is 0. The van der Waals surface area contributed by atoms with Crippen molar-refractivity contribution >= 4 is 0 Å². The van der Waals surface area contributed by atoms with Gasteiger partial charge in [-0.25, -0.2) is 0 Å². The van der Waals surface area contributed by atoms with Crippen molar-refractivity contribution in [3.05, 3.63) is 34.4 Å². The minimum Gasteiger partial charge on any atom is -0.380 e. The maximum atomic E-state index is 5.70. The zero-order chi connectivity index (χ0) is 16.0. The summed E-state index contributed by atoms with van der Waals surface area (Å²) in [6, 6.07) is 5.08. The average molecular weight is 291 g/mol. The molecule has 1 unspecified atom stereocenters. The first-order chi connectivity index (χ1) is 9.79. The first-order valence-electron chi connectivity index (χ1n) is 8.15. The van der Waals surface area contributed by atoms with Crippen molar-refractivity contribution in [2.45, 2.75) is 65.8 Å². The lowest BCUT2D eigenvalue weighted by atomic mass is 9.83. The number of nitrogens with one attached hydrogen (secondary N) is 1. The second kappa shape index (κ2) is 7.95. The Morgan fingerprint density at radius 3 is 2.14 bits per heavy atom. The van der Waals surface area contributed by atoms with Gasteiger partial charge >= 0.3 is 0 Å². The van der Waals surface area contributed by atoms with Crippen molar-refractivity contribution in [2.75, 3.05) is 20.3 Å². The maximum absolute atomic E-state index is 5.70. The number of ether oxygens (including phenoxy) is 1. The number of hydrogen-bond acceptors (Lipinski definition) is 2. The minimum absolute atomic E-state index is 0.209. The summed E-state index contributed by atoms with van der Waals surface area (Å²) in [6.07, 6.45) is 2.11. The smallest absolute Gasteiger partial charge is 0.0622 e. The predicted molar refractivity (Wildman–Crippen MR) is 92.3 cm³/mol. The van der Waals surface area contributed by atoms with Gasteiger partial charge in [-0.05, 0) is 61.4 Å². The molecule has 1 atom stereocenters. The number of aryl methyl sites for hydroxylation is 2. The Hall–Kier alpha value is -0.860. The molecule has 0 amide bonds. The lowest BCUT2D eigenvalue weighted by Crippen LogP contribution is -2.33. The van der Waals surface area contributed by atoms with Gasteiger partial charge in [-0.15, -0.1) is 0 Å². The van der Waals surface area contributed by atoms with Crippen LogP contribution in [0.3, 0.4) is 0 Å². The van der Waals surface area contributed by atoms with Gasteiger partial charge in [-0.3, -0.25) is 0 Å². The first kappa shape index (κ1) is 18.2. The van der Waals surface area contributed by atoms with E-state index in [-0.39, 0.29) is 5.41 Å². The molecule has 2 heteroatoms. The van der Waals surface area contributed by atoms with Crippen molar-refractivity contribution in [1.82, 2.24) is 5.32 Å². The van der Waals surface area contributed by atoms with Crippen molar-refractivity contribution in [1.29, 1.82) is 0 Å². The molecule has 1 N–H and O–H groups in total. The number of hydrogen-bond donors (Lipinski definition) is 1. The molecule has 1 aromatic carbocycles. The lowest BCUT2D eigenvalue weighted by Gasteiger charge is -2.24. The molecule has 21 heavy (non-hydrogen) atoms. The summed E-state index contributed by atoms with van der Waals surface area (Å²) in [5.41, 5.74) is 5.89. The largest absolute Gasteiger partial charge is 0.380 e. The molecular weight excluding hydrogens is 258 g/mol. The third-order valence-electron chi connectivity index (χ3n) is 4.09. The summed E-state index contributed by atoms with van der Waals surface area (Å²) < 4.78 is 5.70. The molecular formula is C19H33NO. The monoisotopic (exact) mass is 291 g/mol. The molecule has 0 aliphatic heterocycles. The molecule has 0 saturated carbocycles. The van der Waals surface area contributed by atoms with Gasteiger partial charge in [0.15, 0.2) is 0 Å². The van der Waals surface area contributed by atoms with Gasteiger partial charge in [0.05, 0.1) is 6.61 Å². The van der Waals surface area contributed by atoms with E-state index in [1.165, 1.54) is 22.3 Å². The van der Waals surface area contributed by atoms with E-state index in [9.17, 15) is 0 Å². The van der Waals surface area contributed by atoms with E-state index in [0.29, 0.717) is 6.04 Å². The highest BCUT2D eigenvalue weighted by molar-refractivity contribution is 5.41. The van der Waals surface area contributed by atoms with E-state index in [0.717, 1.165) is 26.1 Å². The van der Waals surface area contributed by atoms with E-state index in [1.54, 1.807) is 0 Å². The van der Waals surface area contributed by atoms with Crippen LogP contribution in [0.1, 0.15) is 56.4 Å². The van der Waals surface area contributed by atoms with Crippen LogP contribution in [0.5, 0.6) is 0 Å². The Bertz CT molecular complexity index is 422. The second-order valence-corrected chi connectivity index (χ2v) is 7.10. The van der Waals surface area contributed by atoms with Gasteiger partial charge in [0.25, 0.3) is 0 Å². The van der Waals surface area contributed by atoms with Crippen LogP contribution in [0.15, 0.2) is 12.1 Å². The molecule has 0 bridgehead atoms. The lowest BCUT2D eigenvalue weighted by molar-refractivity contribution is 0.114. The normalized spacial score (nSPS) is 13.5. The van der Waals surface area contributed by atoms with Crippen LogP contribution in [0.25, 0.3) is 0 Å². The zero-order valence-electron chi connectivity index (χ0n) is 15.0. The minimum atomic E-state index is 0.209. The fourth-order valence-electron chi connectivity index (χ4n) is 2.61. The van der Waals surface area contributed by atoms with Crippen LogP contribution < -0.4 is 5.32 Å². The van der Waals surface area contributed by atoms with Gasteiger partial charge in [0.2, 0.25) is 0 Å². The summed E-state index contributed by atoms with van der Waals surface area (Å²) in [7, 11) is 2.02. The van der Waals surface area contributed by atoms with Crippen molar-refractivity contribution in [3.8, 4) is 0 Å². The van der Waals surface area contributed by atoms with Crippen molar-refractivity contribution in [3.63, 3.8) is 0 Å². The Kier molecular flexibility index (Phi) is 6.89. The molecule has 0 fully saturated rings. The highest BCUT2D eigenvalue weighted by Crippen LogP contribution is 2.27. The summed E-state index contributed by atoms with van der Waals surface area (Å²) in [5.74, 6) is 0. The first-order valence-corrected chi connectivity index (χ1v) is 8.15. The van der Waals surface area contributed by atoms with Gasteiger partial charge in [0, 0.05) is 12.6 Å². The highest BCUT2D eigenvalue weighted by atomic mass is 16.5. The molecule has 0 aliphatic rings. The Morgan fingerprint density at radius 1 is 1.14 bits per heavy atom. The fourth-order valence-corrected chi connectivity index (χ4v) is 2.61. The maximum Gasteiger partial charge on any atom is 0.0622 e. The molecule has 0 saturated heterocycles. The fraction of sp³-hybridized carbons (Fsp3) is 0.684. The Morgan fingerprint density at radius 2 is 1.71 bits per heavy atom. The van der Waals surface area contributed by atoms with Gasteiger partial charge in [0.1, 0.15) is 0 Å². The van der Waals surface area contributed by atoms with E-state index in [4.69, 9.17) is 4.74 Å². The molecule has 0 aromatic heterocycles. The number of benzene rings is 1. The Labute approximate surface area is 131 Å². The number of rotatable bonds is 7. The zero-order valence-corrected chi connectivity index (χ0v) is 15.0. The van der Waals surface area contributed by atoms with E-state index >= 15 is 0 Å². The molecule has 120 valence electrons. The molecule has 1 aromatic rings. The summed E-state index contributed by atoms with van der Waals surface area (Å²) in [4.78, 5) is 0. The van der Waals surface area contributed by atoms with Crippen molar-refractivity contribution in [2.24, 2.45) is 0 Å². The molecule has 0 aliphatic carbocycles. The molecule has 0 spiro atoms. The average Bonchev–Trinajstić information content (AvgIpc) is 2.39. The van der Waals surface area contributed by atoms with Crippen LogP contribution in [-0.2, 0) is 16.6 Å². The standard InChI is InChI=1S/C19H33NO/c1-8-9-21-13-17(20-7)12-18-14(2)10-16(11-15(18)3)19(4,5)6/h10-11,17,20H,8-9,12-13H2,1-7H3. The van der Waals surface area contributed by atoms with E-state index in [1.807, 2.05) is 7.05 Å². The Balaban J connectivity index is 2.87. The third kappa shape index (κ3) is 5.44. The van der Waals surface area contributed by atoms with Crippen LogP contribution >= 0.6 is 0 Å². The highest BCUT2D eigenvalue weighted by Gasteiger charge is 2.17. The van der Waals surface area contributed by atoms with Gasteiger partial charge in [-0.1, -0.05) is 39.8 Å². The number of likely N-dealkylation sites (N-methyl/N-ethyl adjacent to an activating group) is 1. The van der Waals surface area contributed by atoms with Crippen LogP contribution in [0.2, 0.25) is 0 Å². The van der Waals surface area contributed by atoms with E-state index < -0.39 is 0 Å². The second-order valence-electron chi connectivity index (χ2n) is 7.10. The predicted octanol–water partition coefficient (Wildman–Crippen LogP) is 4.16. The van der Waals surface area contributed by atoms with Crippen LogP contribution in [0, 0.1) is 13.8 Å². The SMILES string of the molecule is CCCOCC(Cc1c(C)cc(C(C)(C)C)cc1C)NC. The molecule has 1 rings (SSSR count).